The van der Waals surface area contributed by atoms with Crippen LogP contribution in [0.4, 0.5) is 4.79 Å². The van der Waals surface area contributed by atoms with Gasteiger partial charge in [-0.2, -0.15) is 0 Å². The van der Waals surface area contributed by atoms with Gasteiger partial charge in [-0.3, -0.25) is 4.90 Å². The summed E-state index contributed by atoms with van der Waals surface area (Å²) >= 11 is 0. The molecule has 0 aromatic carbocycles. The van der Waals surface area contributed by atoms with Crippen LogP contribution < -0.4 is 0 Å². The predicted molar refractivity (Wildman–Crippen MR) is 49.1 cm³/mol. The Morgan fingerprint density at radius 3 is 2.43 bits per heavy atom. The number of allylic oxidation sites excluding steroid dienone is 1. The van der Waals surface area contributed by atoms with Gasteiger partial charge in [-0.15, -0.1) is 0 Å². The number of carboxylic acids is 1. The molecule has 0 aromatic heterocycles. The normalized spacial score (nSPS) is 27.1. The minimum absolute atomic E-state index is 0.293. The molecule has 0 aromatic rings. The van der Waals surface area contributed by atoms with Crippen LogP contribution in [-0.4, -0.2) is 39.3 Å². The third kappa shape index (κ3) is 1.86. The van der Waals surface area contributed by atoms with E-state index in [2.05, 4.69) is 0 Å². The van der Waals surface area contributed by atoms with Crippen LogP contribution in [0.15, 0.2) is 12.2 Å². The van der Waals surface area contributed by atoms with E-state index in [0.29, 0.717) is 12.8 Å². The Labute approximate surface area is 81.6 Å². The monoisotopic (exact) mass is 199 g/mol. The van der Waals surface area contributed by atoms with Gasteiger partial charge < -0.3 is 10.2 Å². The molecule has 14 heavy (non-hydrogen) atoms. The molecule has 2 N–H and O–H groups in total. The molecule has 1 aliphatic heterocycles. The molecule has 1 rings (SSSR count). The molecule has 1 heterocycles. The lowest BCUT2D eigenvalue weighted by Gasteiger charge is -2.22. The lowest BCUT2D eigenvalue weighted by atomic mass is 10.2. The fraction of sp³-hybridized carbons (Fsp3) is 0.556. The van der Waals surface area contributed by atoms with E-state index < -0.39 is 18.1 Å². The second kappa shape index (κ2) is 4.13. The average molecular weight is 199 g/mol. The maximum atomic E-state index is 10.8. The Bertz CT molecular complexity index is 274. The van der Waals surface area contributed by atoms with Crippen LogP contribution in [0.1, 0.15) is 19.8 Å². The van der Waals surface area contributed by atoms with Crippen molar-refractivity contribution in [3.63, 3.8) is 0 Å². The van der Waals surface area contributed by atoms with Crippen LogP contribution in [0, 0.1) is 0 Å². The lowest BCUT2D eigenvalue weighted by Crippen LogP contribution is -2.43. The molecule has 0 saturated carbocycles. The smallest absolute Gasteiger partial charge is 0.408 e. The molecule has 0 bridgehead atoms. The molecule has 1 aliphatic rings. The number of rotatable bonds is 2. The van der Waals surface area contributed by atoms with Crippen molar-refractivity contribution in [2.24, 2.45) is 0 Å². The zero-order valence-corrected chi connectivity index (χ0v) is 7.88. The van der Waals surface area contributed by atoms with Gasteiger partial charge in [-0.1, -0.05) is 12.2 Å². The van der Waals surface area contributed by atoms with Crippen LogP contribution >= 0.6 is 0 Å². The second-order valence-corrected chi connectivity index (χ2v) is 3.21. The first-order valence-corrected chi connectivity index (χ1v) is 4.44. The van der Waals surface area contributed by atoms with Crippen LogP contribution in [0.2, 0.25) is 0 Å². The van der Waals surface area contributed by atoms with Crippen LogP contribution in [0.25, 0.3) is 0 Å². The van der Waals surface area contributed by atoms with Crippen LogP contribution in [0.5, 0.6) is 0 Å². The Hall–Kier alpha value is -1.52. The van der Waals surface area contributed by atoms with Crippen LogP contribution in [0.3, 0.4) is 0 Å². The van der Waals surface area contributed by atoms with Crippen molar-refractivity contribution >= 4 is 12.1 Å². The molecule has 5 heteroatoms. The Morgan fingerprint density at radius 2 is 2.00 bits per heavy atom. The molecular formula is C9H13NO4. The van der Waals surface area contributed by atoms with E-state index in [0.717, 1.165) is 4.90 Å². The summed E-state index contributed by atoms with van der Waals surface area (Å²) in [4.78, 5) is 22.6. The first-order chi connectivity index (χ1) is 6.57. The van der Waals surface area contributed by atoms with Gasteiger partial charge in [0.15, 0.2) is 0 Å². The first kappa shape index (κ1) is 10.6. The van der Waals surface area contributed by atoms with Crippen LogP contribution in [-0.2, 0) is 4.79 Å². The van der Waals surface area contributed by atoms with Gasteiger partial charge in [-0.05, 0) is 19.8 Å². The zero-order chi connectivity index (χ0) is 10.7. The first-order valence-electron chi connectivity index (χ1n) is 4.44. The number of amides is 1. The van der Waals surface area contributed by atoms with Crippen molar-refractivity contribution in [1.29, 1.82) is 0 Å². The molecule has 78 valence electrons. The van der Waals surface area contributed by atoms with Gasteiger partial charge in [0.05, 0.1) is 6.04 Å². The van der Waals surface area contributed by atoms with Crippen molar-refractivity contribution in [2.45, 2.75) is 31.8 Å². The summed E-state index contributed by atoms with van der Waals surface area (Å²) in [6.07, 6.45) is 3.25. The molecule has 1 amide bonds. The highest BCUT2D eigenvalue weighted by molar-refractivity contribution is 5.80. The fourth-order valence-electron chi connectivity index (χ4n) is 1.77. The number of aliphatic carboxylic acids is 1. The summed E-state index contributed by atoms with van der Waals surface area (Å²) in [5.41, 5.74) is 0. The molecule has 0 unspecified atom stereocenters. The molecule has 0 aliphatic carbocycles. The Balaban J connectivity index is 2.84. The van der Waals surface area contributed by atoms with E-state index in [1.165, 1.54) is 0 Å². The quantitative estimate of drug-likeness (QED) is 0.654. The molecule has 1 saturated heterocycles. The molecule has 2 atom stereocenters. The van der Waals surface area contributed by atoms with E-state index in [1.54, 1.807) is 19.1 Å². The maximum absolute atomic E-state index is 10.8. The van der Waals surface area contributed by atoms with Crippen molar-refractivity contribution in [3.05, 3.63) is 12.2 Å². The number of carboxylic acid groups (broad SMARTS) is 2. The lowest BCUT2D eigenvalue weighted by molar-refractivity contribution is -0.141. The van der Waals surface area contributed by atoms with E-state index in [9.17, 15) is 9.59 Å². The molecule has 0 radical (unpaired) electrons. The Kier molecular flexibility index (Phi) is 3.11. The van der Waals surface area contributed by atoms with E-state index in [-0.39, 0.29) is 6.04 Å². The van der Waals surface area contributed by atoms with Crippen molar-refractivity contribution in [3.8, 4) is 0 Å². The zero-order valence-electron chi connectivity index (χ0n) is 7.88. The van der Waals surface area contributed by atoms with Crippen molar-refractivity contribution in [1.82, 2.24) is 4.90 Å². The summed E-state index contributed by atoms with van der Waals surface area (Å²) in [6.45, 7) is 1.79. The number of nitrogens with zero attached hydrogens (tertiary/aromatic N) is 1. The summed E-state index contributed by atoms with van der Waals surface area (Å²) in [5.74, 6) is -1.07. The molecule has 1 fully saturated rings. The summed E-state index contributed by atoms with van der Waals surface area (Å²) in [6, 6.07) is -1.19. The third-order valence-electron chi connectivity index (χ3n) is 2.35. The van der Waals surface area contributed by atoms with Crippen molar-refractivity contribution in [2.75, 3.05) is 0 Å². The molecule has 0 spiro atoms. The molecule has 5 nitrogen and oxygen atoms in total. The topological polar surface area (TPSA) is 77.8 Å². The van der Waals surface area contributed by atoms with E-state index in [1.807, 2.05) is 0 Å². The third-order valence-corrected chi connectivity index (χ3v) is 2.35. The number of hydrogen-bond acceptors (Lipinski definition) is 2. The maximum Gasteiger partial charge on any atom is 0.408 e. The highest BCUT2D eigenvalue weighted by Gasteiger charge is 2.39. The van der Waals surface area contributed by atoms with E-state index >= 15 is 0 Å². The molecular weight excluding hydrogens is 186 g/mol. The van der Waals surface area contributed by atoms with Gasteiger partial charge in [0.25, 0.3) is 0 Å². The van der Waals surface area contributed by atoms with Gasteiger partial charge in [0.2, 0.25) is 0 Å². The van der Waals surface area contributed by atoms with Crippen molar-refractivity contribution < 1.29 is 19.8 Å². The summed E-state index contributed by atoms with van der Waals surface area (Å²) in [5, 5.41) is 17.6. The van der Waals surface area contributed by atoms with Gasteiger partial charge in [0, 0.05) is 0 Å². The van der Waals surface area contributed by atoms with Gasteiger partial charge in [0.1, 0.15) is 6.04 Å². The van der Waals surface area contributed by atoms with E-state index in [4.69, 9.17) is 10.2 Å². The highest BCUT2D eigenvalue weighted by Crippen LogP contribution is 2.25. The predicted octanol–water partition coefficient (Wildman–Crippen LogP) is 1.16. The summed E-state index contributed by atoms with van der Waals surface area (Å²) < 4.78 is 0. The fourth-order valence-corrected chi connectivity index (χ4v) is 1.77. The highest BCUT2D eigenvalue weighted by atomic mass is 16.4. The van der Waals surface area contributed by atoms with Gasteiger partial charge >= 0.3 is 12.1 Å². The summed E-state index contributed by atoms with van der Waals surface area (Å²) in [7, 11) is 0. The minimum atomic E-state index is -1.17. The average Bonchev–Trinajstić information content (AvgIpc) is 2.48. The Morgan fingerprint density at radius 1 is 1.36 bits per heavy atom. The number of likely N-dealkylation sites (tertiary alicyclic amines) is 1. The van der Waals surface area contributed by atoms with Gasteiger partial charge in [-0.25, -0.2) is 9.59 Å². The number of carbonyl (C=O) groups is 2. The largest absolute Gasteiger partial charge is 0.480 e. The minimum Gasteiger partial charge on any atom is -0.480 e. The number of hydrogen-bond donors (Lipinski definition) is 2. The SMILES string of the molecule is CC=C[C@H]1CC[C@@H](C(=O)O)N1C(=O)O. The standard InChI is InChI=1S/C9H13NO4/c1-2-3-6-4-5-7(8(11)12)10(6)9(13)14/h2-3,6-7H,4-5H2,1H3,(H,11,12)(H,13,14)/t6-,7-/m0/s1. The second-order valence-electron chi connectivity index (χ2n) is 3.21.